The molecule has 1 aliphatic rings. The summed E-state index contributed by atoms with van der Waals surface area (Å²) in [6.07, 6.45) is 6.80. The molecule has 0 aliphatic heterocycles. The summed E-state index contributed by atoms with van der Waals surface area (Å²) in [6, 6.07) is 83.1. The molecule has 0 amide bonds. The summed E-state index contributed by atoms with van der Waals surface area (Å²) in [5.74, 6) is 0.917. The summed E-state index contributed by atoms with van der Waals surface area (Å²) in [5.41, 5.74) is 18.1. The quantitative estimate of drug-likeness (QED) is 0.115. The molecule has 1 heterocycles. The highest BCUT2D eigenvalue weighted by molar-refractivity contribution is 5.99. The van der Waals surface area contributed by atoms with Crippen LogP contribution in [-0.4, -0.2) is 16.7 Å². The fourth-order valence-corrected chi connectivity index (χ4v) is 9.16. The van der Waals surface area contributed by atoms with Gasteiger partial charge in [0.1, 0.15) is 5.52 Å². The van der Waals surface area contributed by atoms with E-state index in [1.54, 1.807) is 0 Å². The van der Waals surface area contributed by atoms with Crippen LogP contribution in [-0.2, 0) is 0 Å². The fraction of sp³-hybridized carbons (Fsp3) is 0.0625. The number of anilines is 6. The van der Waals surface area contributed by atoms with E-state index in [9.17, 15) is 0 Å². The molecule has 0 spiro atoms. The smallest absolute Gasteiger partial charge is 0.227 e. The minimum atomic E-state index is 0.0735. The van der Waals surface area contributed by atoms with Crippen molar-refractivity contribution in [3.63, 3.8) is 0 Å². The van der Waals surface area contributed by atoms with Crippen LogP contribution in [0.4, 0.5) is 34.1 Å². The second kappa shape index (κ2) is 19.2. The summed E-state index contributed by atoms with van der Waals surface area (Å²) in [5, 5.41) is 0. The van der Waals surface area contributed by atoms with Crippen molar-refractivity contribution in [3.05, 3.63) is 266 Å². The van der Waals surface area contributed by atoms with E-state index in [1.807, 2.05) is 18.2 Å². The van der Waals surface area contributed by atoms with Gasteiger partial charge in [-0.2, -0.15) is 0 Å². The predicted molar refractivity (Wildman–Crippen MR) is 288 cm³/mol. The van der Waals surface area contributed by atoms with Crippen LogP contribution >= 0.6 is 0 Å². The SMILES string of the molecule is C/C(=N\C1C=C(c2ccccc2)C=C[C@@H]1C)c1ccc(N(c2ccccc2)c2ccc(-c3ccc(N(c4ccccc4)c4ccc(-c5nc6cc(-c7ccccc7)ccc6o5)cc4)cc3)cc2)cc1. The molecule has 0 radical (unpaired) electrons. The zero-order valence-corrected chi connectivity index (χ0v) is 38.6. The Labute approximate surface area is 404 Å². The predicted octanol–water partition coefficient (Wildman–Crippen LogP) is 17.2. The van der Waals surface area contributed by atoms with Gasteiger partial charge in [0.25, 0.3) is 0 Å². The van der Waals surface area contributed by atoms with Crippen LogP contribution in [0.2, 0.25) is 0 Å². The topological polar surface area (TPSA) is 44.9 Å². The van der Waals surface area contributed by atoms with Crippen molar-refractivity contribution >= 4 is 56.5 Å². The normalized spacial score (nSPS) is 14.6. The number of para-hydroxylation sites is 2. The molecule has 5 heteroatoms. The van der Waals surface area contributed by atoms with E-state index < -0.39 is 0 Å². The maximum Gasteiger partial charge on any atom is 0.227 e. The summed E-state index contributed by atoms with van der Waals surface area (Å²) in [7, 11) is 0. The maximum absolute atomic E-state index is 6.25. The van der Waals surface area contributed by atoms with E-state index in [4.69, 9.17) is 14.4 Å². The molecule has 10 aromatic rings. The molecule has 9 aromatic carbocycles. The van der Waals surface area contributed by atoms with Gasteiger partial charge in [0, 0.05) is 51.3 Å². The van der Waals surface area contributed by atoms with Gasteiger partial charge in [-0.25, -0.2) is 4.98 Å². The van der Waals surface area contributed by atoms with Gasteiger partial charge < -0.3 is 14.2 Å². The fourth-order valence-electron chi connectivity index (χ4n) is 9.16. The first-order valence-corrected chi connectivity index (χ1v) is 23.6. The van der Waals surface area contributed by atoms with Gasteiger partial charge in [0.15, 0.2) is 5.58 Å². The van der Waals surface area contributed by atoms with Crippen molar-refractivity contribution in [3.8, 4) is 33.7 Å². The number of aromatic nitrogens is 1. The average Bonchev–Trinajstić information content (AvgIpc) is 3.85. The second-order valence-electron chi connectivity index (χ2n) is 17.5. The van der Waals surface area contributed by atoms with Crippen molar-refractivity contribution in [1.29, 1.82) is 0 Å². The molecule has 1 aliphatic carbocycles. The standard InChI is InChI=1S/C64H50N4O/c1-45-23-24-53(48-15-7-3-8-16-48)43-61(45)65-46(2)47-25-34-57(35-26-47)67(55-19-11-5-12-20-55)58-36-27-50(28-37-58)51-29-38-59(39-30-51)68(56-21-13-6-14-22-56)60-40-31-52(32-41-60)64-66-62-44-54(33-42-63(62)69-64)49-17-9-4-10-18-49/h3-45,61H,1-2H3/b65-46+/t45-,61?/m0/s1. The summed E-state index contributed by atoms with van der Waals surface area (Å²) in [4.78, 5) is 14.7. The summed E-state index contributed by atoms with van der Waals surface area (Å²) < 4.78 is 6.25. The van der Waals surface area contributed by atoms with Crippen LogP contribution in [0.5, 0.6) is 0 Å². The molecule has 0 fully saturated rings. The second-order valence-corrected chi connectivity index (χ2v) is 17.5. The molecule has 1 aromatic heterocycles. The van der Waals surface area contributed by atoms with Crippen LogP contribution < -0.4 is 9.80 Å². The van der Waals surface area contributed by atoms with E-state index in [2.05, 4.69) is 260 Å². The van der Waals surface area contributed by atoms with Crippen LogP contribution in [0.1, 0.15) is 25.0 Å². The zero-order chi connectivity index (χ0) is 46.5. The van der Waals surface area contributed by atoms with E-state index in [-0.39, 0.29) is 6.04 Å². The monoisotopic (exact) mass is 890 g/mol. The van der Waals surface area contributed by atoms with Gasteiger partial charge in [-0.05, 0) is 143 Å². The Hall–Kier alpha value is -8.80. The van der Waals surface area contributed by atoms with Gasteiger partial charge in [-0.1, -0.05) is 165 Å². The molecular weight excluding hydrogens is 841 g/mol. The highest BCUT2D eigenvalue weighted by Crippen LogP contribution is 2.39. The molecule has 0 saturated carbocycles. The Balaban J connectivity index is 0.828. The number of rotatable bonds is 12. The molecular formula is C64H50N4O. The maximum atomic E-state index is 6.25. The van der Waals surface area contributed by atoms with Crippen molar-refractivity contribution in [1.82, 2.24) is 4.98 Å². The molecule has 332 valence electrons. The molecule has 0 bridgehead atoms. The Bertz CT molecular complexity index is 3420. The lowest BCUT2D eigenvalue weighted by Crippen LogP contribution is -2.17. The number of hydrogen-bond donors (Lipinski definition) is 0. The lowest BCUT2D eigenvalue weighted by Gasteiger charge is -2.26. The third-order valence-corrected chi connectivity index (χ3v) is 12.9. The molecule has 1 unspecified atom stereocenters. The third-order valence-electron chi connectivity index (χ3n) is 12.9. The van der Waals surface area contributed by atoms with E-state index in [0.29, 0.717) is 11.8 Å². The number of hydrogen-bond acceptors (Lipinski definition) is 5. The number of aliphatic imine (C=N–C) groups is 1. The highest BCUT2D eigenvalue weighted by Gasteiger charge is 2.19. The third kappa shape index (κ3) is 9.19. The first-order chi connectivity index (χ1) is 34.0. The minimum Gasteiger partial charge on any atom is -0.436 e. The van der Waals surface area contributed by atoms with Gasteiger partial charge in [0.2, 0.25) is 5.89 Å². The van der Waals surface area contributed by atoms with Crippen molar-refractivity contribution in [2.75, 3.05) is 9.80 Å². The lowest BCUT2D eigenvalue weighted by atomic mass is 9.90. The largest absolute Gasteiger partial charge is 0.436 e. The lowest BCUT2D eigenvalue weighted by molar-refractivity contribution is 0.620. The Morgan fingerprint density at radius 2 is 0.870 bits per heavy atom. The Morgan fingerprint density at radius 1 is 0.449 bits per heavy atom. The van der Waals surface area contributed by atoms with E-state index in [0.717, 1.165) is 84.3 Å². The minimum absolute atomic E-state index is 0.0735. The Morgan fingerprint density at radius 3 is 1.39 bits per heavy atom. The first-order valence-electron chi connectivity index (χ1n) is 23.6. The zero-order valence-electron chi connectivity index (χ0n) is 38.6. The van der Waals surface area contributed by atoms with E-state index >= 15 is 0 Å². The van der Waals surface area contributed by atoms with Crippen molar-refractivity contribution in [2.45, 2.75) is 19.9 Å². The van der Waals surface area contributed by atoms with Crippen LogP contribution in [0.3, 0.4) is 0 Å². The van der Waals surface area contributed by atoms with Crippen molar-refractivity contribution < 1.29 is 4.42 Å². The van der Waals surface area contributed by atoms with Crippen LogP contribution in [0.15, 0.2) is 264 Å². The average molecular weight is 891 g/mol. The number of nitrogens with zero attached hydrogens (tertiary/aromatic N) is 4. The number of fused-ring (bicyclic) bond motifs is 1. The highest BCUT2D eigenvalue weighted by atomic mass is 16.3. The molecule has 5 nitrogen and oxygen atoms in total. The Kier molecular flexibility index (Phi) is 11.9. The summed E-state index contributed by atoms with van der Waals surface area (Å²) >= 11 is 0. The van der Waals surface area contributed by atoms with Crippen molar-refractivity contribution in [2.24, 2.45) is 10.9 Å². The molecule has 69 heavy (non-hydrogen) atoms. The summed E-state index contributed by atoms with van der Waals surface area (Å²) in [6.45, 7) is 4.36. The van der Waals surface area contributed by atoms with Gasteiger partial charge >= 0.3 is 0 Å². The molecule has 0 saturated heterocycles. The number of oxazole rings is 1. The first kappa shape index (κ1) is 42.8. The van der Waals surface area contributed by atoms with Gasteiger partial charge in [-0.15, -0.1) is 0 Å². The van der Waals surface area contributed by atoms with Gasteiger partial charge in [-0.3, -0.25) is 4.99 Å². The molecule has 0 N–H and O–H groups in total. The van der Waals surface area contributed by atoms with Crippen LogP contribution in [0.25, 0.3) is 50.4 Å². The number of benzene rings is 9. The van der Waals surface area contributed by atoms with Crippen LogP contribution in [0, 0.1) is 5.92 Å². The molecule has 2 atom stereocenters. The van der Waals surface area contributed by atoms with Gasteiger partial charge in [0.05, 0.1) is 6.04 Å². The molecule has 11 rings (SSSR count). The number of allylic oxidation sites excluding steroid dienone is 2. The van der Waals surface area contributed by atoms with E-state index in [1.165, 1.54) is 11.1 Å².